The van der Waals surface area contributed by atoms with Crippen molar-refractivity contribution in [3.63, 3.8) is 0 Å². The minimum atomic E-state index is -1.13. The first kappa shape index (κ1) is 24.1. The Labute approximate surface area is 182 Å². The van der Waals surface area contributed by atoms with Gasteiger partial charge in [-0.25, -0.2) is 0 Å². The van der Waals surface area contributed by atoms with E-state index in [1.165, 1.54) is 4.90 Å². The highest BCUT2D eigenvalue weighted by Crippen LogP contribution is 2.04. The molecule has 0 aliphatic heterocycles. The van der Waals surface area contributed by atoms with Crippen LogP contribution in [0, 0.1) is 0 Å². The average Bonchev–Trinajstić information content (AvgIpc) is 2.75. The second-order valence-corrected chi connectivity index (χ2v) is 7.16. The number of rotatable bonds is 14. The Balaban J connectivity index is 1.66. The molecule has 0 heterocycles. The molecule has 0 amide bonds. The van der Waals surface area contributed by atoms with Crippen LogP contribution in [0.2, 0.25) is 0 Å². The molecule has 0 saturated carbocycles. The summed E-state index contributed by atoms with van der Waals surface area (Å²) in [5.41, 5.74) is 2.31. The van der Waals surface area contributed by atoms with E-state index in [4.69, 9.17) is 14.6 Å². The number of carbonyl (C=O) groups is 3. The highest BCUT2D eigenvalue weighted by atomic mass is 16.5. The first-order chi connectivity index (χ1) is 15.0. The quantitative estimate of drug-likeness (QED) is 0.366. The molecule has 0 aromatic heterocycles. The lowest BCUT2D eigenvalue weighted by Crippen LogP contribution is -2.39. The topological polar surface area (TPSA) is 93.1 Å². The van der Waals surface area contributed by atoms with E-state index in [0.29, 0.717) is 12.8 Å². The van der Waals surface area contributed by atoms with Gasteiger partial charge in [0.25, 0.3) is 0 Å². The summed E-state index contributed by atoms with van der Waals surface area (Å²) in [5, 5.41) is 9.04. The molecule has 0 aliphatic carbocycles. The number of carbonyl (C=O) groups excluding carboxylic acids is 2. The number of nitrogens with zero attached hydrogens (tertiary/aromatic N) is 1. The molecular weight excluding hydrogens is 398 g/mol. The second-order valence-electron chi connectivity index (χ2n) is 7.16. The number of aryl methyl sites for hydroxylation is 2. The van der Waals surface area contributed by atoms with Crippen LogP contribution < -0.4 is 0 Å². The maximum atomic E-state index is 12.0. The summed E-state index contributed by atoms with van der Waals surface area (Å²) < 4.78 is 10.4. The maximum absolute atomic E-state index is 12.0. The van der Waals surface area contributed by atoms with Crippen molar-refractivity contribution in [2.24, 2.45) is 0 Å². The van der Waals surface area contributed by atoms with Crippen molar-refractivity contribution < 1.29 is 29.0 Å². The smallest absolute Gasteiger partial charge is 0.320 e. The van der Waals surface area contributed by atoms with Crippen LogP contribution >= 0.6 is 0 Å². The van der Waals surface area contributed by atoms with Gasteiger partial charge >= 0.3 is 17.9 Å². The van der Waals surface area contributed by atoms with Crippen LogP contribution in [0.5, 0.6) is 0 Å². The van der Waals surface area contributed by atoms with Gasteiger partial charge in [-0.05, 0) is 36.8 Å². The molecule has 0 radical (unpaired) electrons. The number of carboxylic acids is 1. The van der Waals surface area contributed by atoms with E-state index in [1.807, 2.05) is 60.7 Å². The van der Waals surface area contributed by atoms with Crippen molar-refractivity contribution >= 4 is 17.9 Å². The van der Waals surface area contributed by atoms with Crippen molar-refractivity contribution in [3.05, 3.63) is 71.8 Å². The lowest BCUT2D eigenvalue weighted by Gasteiger charge is -2.18. The zero-order valence-corrected chi connectivity index (χ0v) is 17.6. The zero-order chi connectivity index (χ0) is 22.3. The second kappa shape index (κ2) is 13.9. The van der Waals surface area contributed by atoms with Gasteiger partial charge in [-0.15, -0.1) is 0 Å². The highest BCUT2D eigenvalue weighted by Gasteiger charge is 2.19. The first-order valence-electron chi connectivity index (χ1n) is 10.4. The van der Waals surface area contributed by atoms with E-state index in [1.54, 1.807) is 0 Å². The fraction of sp³-hybridized carbons (Fsp3) is 0.375. The molecule has 0 saturated heterocycles. The molecular formula is C24H29NO6. The summed E-state index contributed by atoms with van der Waals surface area (Å²) in [6.07, 6.45) is 2.89. The lowest BCUT2D eigenvalue weighted by atomic mass is 10.1. The number of hydrogen-bond acceptors (Lipinski definition) is 6. The van der Waals surface area contributed by atoms with E-state index in [-0.39, 0.29) is 26.3 Å². The molecule has 0 atom stereocenters. The molecule has 166 valence electrons. The van der Waals surface area contributed by atoms with Gasteiger partial charge < -0.3 is 14.6 Å². The summed E-state index contributed by atoms with van der Waals surface area (Å²) in [5.74, 6) is -2.26. The van der Waals surface area contributed by atoms with Gasteiger partial charge in [-0.1, -0.05) is 60.7 Å². The minimum absolute atomic E-state index is 0.235. The Morgan fingerprint density at radius 1 is 0.677 bits per heavy atom. The molecule has 2 aromatic rings. The standard InChI is InChI=1S/C24H29NO6/c26-22(27)17-25(18-23(28)30-15-7-13-20-9-3-1-4-10-20)19-24(29)31-16-8-14-21-11-5-2-6-12-21/h1-6,9-12H,7-8,13-19H2,(H,26,27). The van der Waals surface area contributed by atoms with E-state index in [2.05, 4.69) is 0 Å². The van der Waals surface area contributed by atoms with Gasteiger partial charge in [0.05, 0.1) is 32.8 Å². The Morgan fingerprint density at radius 3 is 1.48 bits per heavy atom. The lowest BCUT2D eigenvalue weighted by molar-refractivity contribution is -0.150. The van der Waals surface area contributed by atoms with E-state index < -0.39 is 24.5 Å². The number of benzene rings is 2. The minimum Gasteiger partial charge on any atom is -0.480 e. The van der Waals surface area contributed by atoms with Crippen LogP contribution in [0.3, 0.4) is 0 Å². The predicted octanol–water partition coefficient (Wildman–Crippen LogP) is 2.72. The van der Waals surface area contributed by atoms with Gasteiger partial charge in [0.1, 0.15) is 0 Å². The summed E-state index contributed by atoms with van der Waals surface area (Å²) in [6, 6.07) is 19.7. The molecule has 2 rings (SSSR count). The Hall–Kier alpha value is -3.19. The number of ether oxygens (including phenoxy) is 2. The predicted molar refractivity (Wildman–Crippen MR) is 116 cm³/mol. The summed E-state index contributed by atoms with van der Waals surface area (Å²) in [4.78, 5) is 36.3. The van der Waals surface area contributed by atoms with Crippen LogP contribution in [-0.2, 0) is 36.7 Å². The van der Waals surface area contributed by atoms with Crippen LogP contribution in [0.4, 0.5) is 0 Å². The fourth-order valence-corrected chi connectivity index (χ4v) is 3.03. The average molecular weight is 427 g/mol. The maximum Gasteiger partial charge on any atom is 0.320 e. The Morgan fingerprint density at radius 2 is 1.10 bits per heavy atom. The molecule has 2 aromatic carbocycles. The largest absolute Gasteiger partial charge is 0.480 e. The van der Waals surface area contributed by atoms with Gasteiger partial charge in [-0.2, -0.15) is 0 Å². The van der Waals surface area contributed by atoms with Crippen molar-refractivity contribution in [3.8, 4) is 0 Å². The van der Waals surface area contributed by atoms with Crippen molar-refractivity contribution in [2.75, 3.05) is 32.8 Å². The monoisotopic (exact) mass is 427 g/mol. The number of aliphatic carboxylic acids is 1. The summed E-state index contributed by atoms with van der Waals surface area (Å²) >= 11 is 0. The normalized spacial score (nSPS) is 10.6. The molecule has 0 unspecified atom stereocenters. The van der Waals surface area contributed by atoms with Crippen molar-refractivity contribution in [1.82, 2.24) is 4.90 Å². The van der Waals surface area contributed by atoms with Crippen LogP contribution in [0.15, 0.2) is 60.7 Å². The molecule has 1 N–H and O–H groups in total. The van der Waals surface area contributed by atoms with Gasteiger partial charge in [0, 0.05) is 0 Å². The van der Waals surface area contributed by atoms with E-state index in [9.17, 15) is 14.4 Å². The molecule has 0 fully saturated rings. The SMILES string of the molecule is O=C(O)CN(CC(=O)OCCCc1ccccc1)CC(=O)OCCCc1ccccc1. The third-order valence-electron chi connectivity index (χ3n) is 4.50. The number of hydrogen-bond donors (Lipinski definition) is 1. The Kier molecular flexibility index (Phi) is 10.8. The van der Waals surface area contributed by atoms with Crippen LogP contribution in [0.25, 0.3) is 0 Å². The summed E-state index contributed by atoms with van der Waals surface area (Å²) in [6.45, 7) is -0.539. The van der Waals surface area contributed by atoms with Crippen molar-refractivity contribution in [1.29, 1.82) is 0 Å². The van der Waals surface area contributed by atoms with E-state index in [0.717, 1.165) is 24.0 Å². The van der Waals surface area contributed by atoms with E-state index >= 15 is 0 Å². The zero-order valence-electron chi connectivity index (χ0n) is 17.6. The Bertz CT molecular complexity index is 748. The molecule has 31 heavy (non-hydrogen) atoms. The third kappa shape index (κ3) is 11.0. The number of carboxylic acid groups (broad SMARTS) is 1. The van der Waals surface area contributed by atoms with Gasteiger partial charge in [0.2, 0.25) is 0 Å². The molecule has 0 bridgehead atoms. The van der Waals surface area contributed by atoms with Crippen LogP contribution in [-0.4, -0.2) is 60.8 Å². The summed E-state index contributed by atoms with van der Waals surface area (Å²) in [7, 11) is 0. The number of esters is 2. The van der Waals surface area contributed by atoms with Crippen LogP contribution in [0.1, 0.15) is 24.0 Å². The highest BCUT2D eigenvalue weighted by molar-refractivity contribution is 5.77. The molecule has 0 aliphatic rings. The molecule has 0 spiro atoms. The molecule has 7 heteroatoms. The fourth-order valence-electron chi connectivity index (χ4n) is 3.03. The van der Waals surface area contributed by atoms with Crippen molar-refractivity contribution in [2.45, 2.75) is 25.7 Å². The van der Waals surface area contributed by atoms with Gasteiger partial charge in [-0.3, -0.25) is 19.3 Å². The third-order valence-corrected chi connectivity index (χ3v) is 4.50. The van der Waals surface area contributed by atoms with Gasteiger partial charge in [0.15, 0.2) is 0 Å². The molecule has 7 nitrogen and oxygen atoms in total. The first-order valence-corrected chi connectivity index (χ1v) is 10.4.